The van der Waals surface area contributed by atoms with Crippen LogP contribution >= 0.6 is 19.5 Å². The average Bonchev–Trinajstić information content (AvgIpc) is 2.89. The molecule has 8 nitrogen and oxygen atoms in total. The molecule has 0 saturated carbocycles. The molecule has 2 aromatic rings. The second kappa shape index (κ2) is 8.35. The predicted octanol–water partition coefficient (Wildman–Crippen LogP) is 0.610. The van der Waals surface area contributed by atoms with Gasteiger partial charge in [0, 0.05) is 12.7 Å². The molecule has 2 rings (SSSR count). The first kappa shape index (κ1) is 17.8. The average molecular weight is 355 g/mol. The molecule has 2 atom stereocenters. The van der Waals surface area contributed by atoms with Crippen LogP contribution in [0.25, 0.3) is 11.2 Å². The van der Waals surface area contributed by atoms with Crippen molar-refractivity contribution in [3.8, 4) is 0 Å². The molecule has 0 radical (unpaired) electrons. The molecule has 124 valence electrons. The van der Waals surface area contributed by atoms with Gasteiger partial charge >= 0.3 is 0 Å². The number of thioether (sulfide) groups is 1. The van der Waals surface area contributed by atoms with E-state index in [1.165, 1.54) is 19.2 Å². The lowest BCUT2D eigenvalue weighted by Crippen LogP contribution is -2.16. The Morgan fingerprint density at radius 3 is 3.09 bits per heavy atom. The van der Waals surface area contributed by atoms with Crippen LogP contribution in [0.4, 0.5) is 5.82 Å². The first-order valence-corrected chi connectivity index (χ1v) is 9.44. The van der Waals surface area contributed by atoms with E-state index in [2.05, 4.69) is 15.0 Å². The summed E-state index contributed by atoms with van der Waals surface area (Å²) in [4.78, 5) is 34.8. The first-order chi connectivity index (χ1) is 11.0. The third kappa shape index (κ3) is 5.24. The number of rotatable bonds is 7. The zero-order valence-electron chi connectivity index (χ0n) is 12.9. The molecular weight excluding hydrogens is 337 g/mol. The smallest absolute Gasteiger partial charge is 0.208 e. The fourth-order valence-corrected chi connectivity index (χ4v) is 3.68. The van der Waals surface area contributed by atoms with Crippen LogP contribution in [-0.4, -0.2) is 48.6 Å². The SMILES string of the molecule is CC(=O)SCC[P+]([O-])=CO[C@H](C)Cn1cnc2c(N)ncnc21. The molecule has 2 N–H and O–H groups in total. The van der Waals surface area contributed by atoms with Gasteiger partial charge in [0.05, 0.1) is 26.7 Å². The number of nitrogens with two attached hydrogens (primary N) is 1. The normalized spacial score (nSPS) is 13.4. The summed E-state index contributed by atoms with van der Waals surface area (Å²) in [6.45, 7) is 3.85. The highest BCUT2D eigenvalue weighted by Gasteiger charge is 2.11. The Labute approximate surface area is 138 Å². The van der Waals surface area contributed by atoms with Gasteiger partial charge in [0.1, 0.15) is 18.0 Å². The molecule has 0 saturated heterocycles. The fourth-order valence-electron chi connectivity index (χ4n) is 1.86. The van der Waals surface area contributed by atoms with E-state index in [4.69, 9.17) is 10.5 Å². The monoisotopic (exact) mass is 355 g/mol. The van der Waals surface area contributed by atoms with Crippen LogP contribution in [0.15, 0.2) is 12.7 Å². The minimum Gasteiger partial charge on any atom is -0.629 e. The minimum absolute atomic E-state index is 0.0240. The Hall–Kier alpha value is -1.54. The Morgan fingerprint density at radius 2 is 2.35 bits per heavy atom. The molecule has 0 aromatic carbocycles. The maximum Gasteiger partial charge on any atom is 0.208 e. The molecule has 10 heteroatoms. The number of ether oxygens (including phenoxy) is 1. The maximum atomic E-state index is 11.8. The standard InChI is InChI=1S/C13H18N5O3PS/c1-9(21-8-22(20)3-4-23-10(2)19)5-18-7-17-11-12(14)15-6-16-13(11)18/h6-9H,3-5H2,1-2H3,(H2,14,15,16)/t9-/m1/s1. The van der Waals surface area contributed by atoms with Gasteiger partial charge in [-0.3, -0.25) is 4.79 Å². The maximum absolute atomic E-state index is 11.8. The summed E-state index contributed by atoms with van der Waals surface area (Å²) in [6.07, 6.45) is 3.23. The van der Waals surface area contributed by atoms with E-state index in [1.807, 2.05) is 11.5 Å². The van der Waals surface area contributed by atoms with Gasteiger partial charge in [-0.05, 0) is 6.92 Å². The second-order valence-corrected chi connectivity index (χ2v) is 7.62. The van der Waals surface area contributed by atoms with E-state index in [-0.39, 0.29) is 11.2 Å². The highest BCUT2D eigenvalue weighted by atomic mass is 32.2. The quantitative estimate of drug-likeness (QED) is 0.718. The van der Waals surface area contributed by atoms with Crippen LogP contribution in [0.2, 0.25) is 0 Å². The Kier molecular flexibility index (Phi) is 6.47. The summed E-state index contributed by atoms with van der Waals surface area (Å²) in [7, 11) is -1.59. The van der Waals surface area contributed by atoms with Crippen LogP contribution < -0.4 is 10.6 Å². The van der Waals surface area contributed by atoms with E-state index < -0.39 is 7.77 Å². The van der Waals surface area contributed by atoms with Crippen molar-refractivity contribution in [2.75, 3.05) is 17.6 Å². The Balaban J connectivity index is 1.90. The van der Waals surface area contributed by atoms with Crippen molar-refractivity contribution < 1.29 is 14.4 Å². The van der Waals surface area contributed by atoms with Gasteiger partial charge in [0.2, 0.25) is 5.98 Å². The van der Waals surface area contributed by atoms with E-state index in [0.29, 0.717) is 35.4 Å². The number of fused-ring (bicyclic) bond motifs is 1. The lowest BCUT2D eigenvalue weighted by atomic mass is 10.4. The molecule has 0 spiro atoms. The summed E-state index contributed by atoms with van der Waals surface area (Å²) in [6, 6.07) is 0. The zero-order valence-corrected chi connectivity index (χ0v) is 14.6. The van der Waals surface area contributed by atoms with Crippen LogP contribution in [0.3, 0.4) is 0 Å². The number of carbonyl (C=O) groups is 1. The van der Waals surface area contributed by atoms with Crippen molar-refractivity contribution in [1.29, 1.82) is 0 Å². The van der Waals surface area contributed by atoms with Gasteiger partial charge in [-0.2, -0.15) is 0 Å². The van der Waals surface area contributed by atoms with Gasteiger partial charge in [-0.15, -0.1) is 0 Å². The molecule has 1 unspecified atom stereocenters. The Bertz CT molecular complexity index is 721. The summed E-state index contributed by atoms with van der Waals surface area (Å²) in [5.74, 6) is 2.21. The van der Waals surface area contributed by atoms with E-state index in [9.17, 15) is 9.69 Å². The summed E-state index contributed by atoms with van der Waals surface area (Å²) < 4.78 is 7.30. The molecule has 0 bridgehead atoms. The fraction of sp³-hybridized carbons (Fsp3) is 0.462. The molecule has 2 heterocycles. The number of carbonyl (C=O) groups excluding carboxylic acids is 1. The lowest BCUT2D eigenvalue weighted by molar-refractivity contribution is -0.153. The molecule has 23 heavy (non-hydrogen) atoms. The van der Waals surface area contributed by atoms with Gasteiger partial charge in [0.25, 0.3) is 0 Å². The van der Waals surface area contributed by atoms with Gasteiger partial charge in [0.15, 0.2) is 16.6 Å². The molecule has 0 aliphatic heterocycles. The van der Waals surface area contributed by atoms with Crippen molar-refractivity contribution >= 4 is 47.6 Å². The summed E-state index contributed by atoms with van der Waals surface area (Å²) in [5, 5.41) is 0.0240. The number of anilines is 1. The number of imidazole rings is 1. The summed E-state index contributed by atoms with van der Waals surface area (Å²) in [5.41, 5.74) is 6.92. The third-order valence-corrected chi connectivity index (χ3v) is 5.05. The molecule has 2 aromatic heterocycles. The van der Waals surface area contributed by atoms with Crippen molar-refractivity contribution in [1.82, 2.24) is 19.5 Å². The number of nitrogen functional groups attached to an aromatic ring is 1. The highest BCUT2D eigenvalue weighted by Crippen LogP contribution is 2.16. The van der Waals surface area contributed by atoms with Crippen LogP contribution in [0.5, 0.6) is 0 Å². The van der Waals surface area contributed by atoms with E-state index in [0.717, 1.165) is 11.8 Å². The third-order valence-electron chi connectivity index (χ3n) is 2.91. The number of aromatic nitrogens is 4. The number of hydrogen-bond donors (Lipinski definition) is 1. The first-order valence-electron chi connectivity index (χ1n) is 6.94. The molecule has 0 aliphatic rings. The summed E-state index contributed by atoms with van der Waals surface area (Å²) >= 11 is 1.16. The minimum atomic E-state index is -1.59. The Morgan fingerprint density at radius 1 is 1.57 bits per heavy atom. The highest BCUT2D eigenvalue weighted by molar-refractivity contribution is 8.13. The predicted molar refractivity (Wildman–Crippen MR) is 91.3 cm³/mol. The molecule has 0 aliphatic carbocycles. The number of nitrogens with zero attached hydrogens (tertiary/aromatic N) is 4. The van der Waals surface area contributed by atoms with E-state index >= 15 is 0 Å². The largest absolute Gasteiger partial charge is 0.629 e. The molecule has 0 amide bonds. The van der Waals surface area contributed by atoms with Crippen molar-refractivity contribution in [3.05, 3.63) is 12.7 Å². The van der Waals surface area contributed by atoms with Crippen molar-refractivity contribution in [2.45, 2.75) is 26.5 Å². The van der Waals surface area contributed by atoms with Crippen molar-refractivity contribution in [3.63, 3.8) is 0 Å². The van der Waals surface area contributed by atoms with Crippen LogP contribution in [-0.2, 0) is 16.1 Å². The van der Waals surface area contributed by atoms with Crippen molar-refractivity contribution in [2.24, 2.45) is 0 Å². The molecular formula is C13H18N5O3PS. The van der Waals surface area contributed by atoms with Crippen LogP contribution in [0.1, 0.15) is 13.8 Å². The molecule has 0 fully saturated rings. The van der Waals surface area contributed by atoms with Gasteiger partial charge in [-0.25, -0.2) is 15.0 Å². The number of hydrogen-bond acceptors (Lipinski definition) is 8. The van der Waals surface area contributed by atoms with Gasteiger partial charge < -0.3 is 19.9 Å². The van der Waals surface area contributed by atoms with E-state index in [1.54, 1.807) is 6.33 Å². The lowest BCUT2D eigenvalue weighted by Gasteiger charge is -2.10. The van der Waals surface area contributed by atoms with Crippen LogP contribution in [0, 0.1) is 0 Å². The second-order valence-electron chi connectivity index (χ2n) is 4.86. The topological polar surface area (TPSA) is 119 Å². The van der Waals surface area contributed by atoms with Gasteiger partial charge in [-0.1, -0.05) is 11.8 Å². The zero-order chi connectivity index (χ0) is 16.8.